The van der Waals surface area contributed by atoms with Crippen molar-refractivity contribution in [3.05, 3.63) is 35.4 Å². The molecule has 0 bridgehead atoms. The van der Waals surface area contributed by atoms with Crippen LogP contribution in [0.25, 0.3) is 0 Å². The predicted molar refractivity (Wildman–Crippen MR) is 83.8 cm³/mol. The Morgan fingerprint density at radius 1 is 1.08 bits per heavy atom. The number of amides is 2. The van der Waals surface area contributed by atoms with Crippen LogP contribution in [0.3, 0.4) is 0 Å². The fourth-order valence-corrected chi connectivity index (χ4v) is 3.15. The van der Waals surface area contributed by atoms with Gasteiger partial charge < -0.3 is 9.47 Å². The van der Waals surface area contributed by atoms with Crippen LogP contribution in [0, 0.1) is 0 Å². The van der Waals surface area contributed by atoms with E-state index >= 15 is 0 Å². The average molecular weight is 374 g/mol. The van der Waals surface area contributed by atoms with Crippen molar-refractivity contribution in [2.45, 2.75) is 16.8 Å². The van der Waals surface area contributed by atoms with Crippen LogP contribution < -0.4 is 0 Å². The Morgan fingerprint density at radius 2 is 1.50 bits per heavy atom. The fourth-order valence-electron chi connectivity index (χ4n) is 2.36. The minimum atomic E-state index is -2.27. The zero-order chi connectivity index (χ0) is 18.1. The topological polar surface area (TPSA) is 90.0 Å². The molecule has 0 unspecified atom stereocenters. The number of imide groups is 1. The number of esters is 2. The molecule has 24 heavy (non-hydrogen) atoms. The second-order valence-corrected chi connectivity index (χ2v) is 6.10. The monoisotopic (exact) mass is 373 g/mol. The number of halogens is 2. The minimum Gasteiger partial charge on any atom is -0.467 e. The van der Waals surface area contributed by atoms with E-state index in [2.05, 4.69) is 9.47 Å². The summed E-state index contributed by atoms with van der Waals surface area (Å²) in [6.07, 6.45) is -0.569. The molecule has 1 aromatic carbocycles. The minimum absolute atomic E-state index is 0.185. The lowest BCUT2D eigenvalue weighted by Gasteiger charge is -2.27. The number of methoxy groups -OCH3 is 2. The first kappa shape index (κ1) is 18.2. The van der Waals surface area contributed by atoms with E-state index in [4.69, 9.17) is 23.2 Å². The number of ether oxygens (including phenoxy) is 2. The van der Waals surface area contributed by atoms with Crippen LogP contribution in [0.4, 0.5) is 0 Å². The second kappa shape index (κ2) is 6.78. The first-order valence-electron chi connectivity index (χ1n) is 6.74. The number of carbonyl (C=O) groups excluding carboxylic acids is 4. The molecule has 0 spiro atoms. The van der Waals surface area contributed by atoms with Crippen LogP contribution in [0.15, 0.2) is 24.3 Å². The molecule has 2 rings (SSSR count). The van der Waals surface area contributed by atoms with Gasteiger partial charge in [-0.3, -0.25) is 14.5 Å². The molecule has 128 valence electrons. The summed E-state index contributed by atoms with van der Waals surface area (Å²) in [5, 5.41) is 0. The van der Waals surface area contributed by atoms with E-state index in [1.54, 1.807) is 12.1 Å². The van der Waals surface area contributed by atoms with E-state index < -0.39 is 40.5 Å². The molecule has 0 N–H and O–H groups in total. The Labute approximate surface area is 147 Å². The number of nitrogens with zero attached hydrogens (tertiary/aromatic N) is 1. The molecule has 1 aliphatic heterocycles. The van der Waals surface area contributed by atoms with Crippen molar-refractivity contribution in [1.82, 2.24) is 4.90 Å². The summed E-state index contributed by atoms with van der Waals surface area (Å²) in [6, 6.07) is 6.17. The smallest absolute Gasteiger partial charge is 0.338 e. The Morgan fingerprint density at radius 3 is 1.88 bits per heavy atom. The molecule has 0 aliphatic carbocycles. The highest BCUT2D eigenvalue weighted by atomic mass is 35.5. The normalized spacial score (nSPS) is 15.1. The summed E-state index contributed by atoms with van der Waals surface area (Å²) in [5.41, 5.74) is -0.984. The Balaban J connectivity index is 2.31. The lowest BCUT2D eigenvalue weighted by atomic mass is 10.0. The molecular formula is C15H13Cl2NO6. The highest BCUT2D eigenvalue weighted by Crippen LogP contribution is 2.33. The van der Waals surface area contributed by atoms with Crippen LogP contribution in [0.5, 0.6) is 0 Å². The van der Waals surface area contributed by atoms with Crippen LogP contribution >= 0.6 is 23.2 Å². The van der Waals surface area contributed by atoms with E-state index in [0.29, 0.717) is 0 Å². The molecule has 0 radical (unpaired) electrons. The molecule has 1 atom stereocenters. The summed E-state index contributed by atoms with van der Waals surface area (Å²) in [5.74, 6) is -3.47. The van der Waals surface area contributed by atoms with Crippen molar-refractivity contribution >= 4 is 47.0 Å². The van der Waals surface area contributed by atoms with Crippen LogP contribution in [0.2, 0.25) is 0 Å². The van der Waals surface area contributed by atoms with Gasteiger partial charge in [0.1, 0.15) is 5.50 Å². The van der Waals surface area contributed by atoms with Crippen molar-refractivity contribution in [2.75, 3.05) is 14.2 Å². The lowest BCUT2D eigenvalue weighted by Crippen LogP contribution is -2.49. The number of rotatable bonds is 5. The highest BCUT2D eigenvalue weighted by molar-refractivity contribution is 6.45. The van der Waals surface area contributed by atoms with E-state index in [9.17, 15) is 19.2 Å². The first-order chi connectivity index (χ1) is 11.3. The molecule has 1 heterocycles. The van der Waals surface area contributed by atoms with Gasteiger partial charge in [-0.25, -0.2) is 9.59 Å². The van der Waals surface area contributed by atoms with Gasteiger partial charge in [0.25, 0.3) is 11.8 Å². The molecule has 7 nitrogen and oxygen atoms in total. The Bertz CT molecular complexity index is 669. The van der Waals surface area contributed by atoms with Crippen LogP contribution in [-0.2, 0) is 19.1 Å². The van der Waals surface area contributed by atoms with Crippen molar-refractivity contribution in [1.29, 1.82) is 0 Å². The van der Waals surface area contributed by atoms with Gasteiger partial charge in [0.05, 0.1) is 25.3 Å². The van der Waals surface area contributed by atoms with Crippen molar-refractivity contribution in [3.63, 3.8) is 0 Å². The van der Waals surface area contributed by atoms with E-state index in [1.165, 1.54) is 12.1 Å². The fraction of sp³-hybridized carbons (Fsp3) is 0.333. The standard InChI is InChI=1S/C15H13Cl2NO6/c1-23-13(21)15(17,14(22)24-2)7-10(16)18-11(19)8-5-3-4-6-9(8)12(18)20/h3-6,10H,7H2,1-2H3/t10-/m1/s1. The van der Waals surface area contributed by atoms with Crippen molar-refractivity contribution in [2.24, 2.45) is 0 Å². The number of hydrogen-bond acceptors (Lipinski definition) is 6. The van der Waals surface area contributed by atoms with Gasteiger partial charge in [-0.15, -0.1) is 0 Å². The van der Waals surface area contributed by atoms with E-state index in [0.717, 1.165) is 19.1 Å². The summed E-state index contributed by atoms with van der Waals surface area (Å²) in [4.78, 5) is 46.9. The predicted octanol–water partition coefficient (Wildman–Crippen LogP) is 1.56. The molecule has 0 saturated heterocycles. The van der Waals surface area contributed by atoms with Crippen molar-refractivity contribution in [3.8, 4) is 0 Å². The quantitative estimate of drug-likeness (QED) is 0.256. The molecule has 0 fully saturated rings. The third-order valence-electron chi connectivity index (χ3n) is 3.57. The molecule has 1 aromatic rings. The number of hydrogen-bond donors (Lipinski definition) is 0. The first-order valence-corrected chi connectivity index (χ1v) is 7.56. The van der Waals surface area contributed by atoms with Gasteiger partial charge in [0, 0.05) is 6.42 Å². The molecule has 2 amide bonds. The maximum absolute atomic E-state index is 12.4. The lowest BCUT2D eigenvalue weighted by molar-refractivity contribution is -0.157. The average Bonchev–Trinajstić information content (AvgIpc) is 2.84. The molecule has 0 saturated carbocycles. The summed E-state index contributed by atoms with van der Waals surface area (Å²) in [7, 11) is 2.07. The number of alkyl halides is 2. The summed E-state index contributed by atoms with van der Waals surface area (Å²) in [6.45, 7) is 0. The van der Waals surface area contributed by atoms with Crippen LogP contribution in [0.1, 0.15) is 27.1 Å². The van der Waals surface area contributed by atoms with Gasteiger partial charge in [0.15, 0.2) is 0 Å². The number of fused-ring (bicyclic) bond motifs is 1. The Kier molecular flexibility index (Phi) is 5.15. The second-order valence-electron chi connectivity index (χ2n) is 4.95. The number of carbonyl (C=O) groups is 4. The summed E-state index contributed by atoms with van der Waals surface area (Å²) < 4.78 is 9.00. The van der Waals surface area contributed by atoms with Crippen molar-refractivity contribution < 1.29 is 28.7 Å². The van der Waals surface area contributed by atoms with Crippen LogP contribution in [-0.4, -0.2) is 53.2 Å². The van der Waals surface area contributed by atoms with Gasteiger partial charge in [-0.2, -0.15) is 0 Å². The zero-order valence-electron chi connectivity index (χ0n) is 12.7. The largest absolute Gasteiger partial charge is 0.467 e. The third-order valence-corrected chi connectivity index (χ3v) is 4.39. The third kappa shape index (κ3) is 2.85. The van der Waals surface area contributed by atoms with E-state index in [1.807, 2.05) is 0 Å². The number of benzene rings is 1. The SMILES string of the molecule is COC(=O)C(Cl)(C[C@H](Cl)N1C(=O)c2ccccc2C1=O)C(=O)OC. The Hall–Kier alpha value is -2.12. The molecular weight excluding hydrogens is 361 g/mol. The highest BCUT2D eigenvalue weighted by Gasteiger charge is 2.51. The molecule has 0 aromatic heterocycles. The van der Waals surface area contributed by atoms with Gasteiger partial charge in [-0.1, -0.05) is 35.3 Å². The van der Waals surface area contributed by atoms with Gasteiger partial charge in [-0.05, 0) is 12.1 Å². The summed E-state index contributed by atoms with van der Waals surface area (Å²) >= 11 is 12.2. The maximum Gasteiger partial charge on any atom is 0.338 e. The van der Waals surface area contributed by atoms with Gasteiger partial charge >= 0.3 is 11.9 Å². The molecule has 9 heteroatoms. The molecule has 1 aliphatic rings. The maximum atomic E-state index is 12.4. The van der Waals surface area contributed by atoms with E-state index in [-0.39, 0.29) is 11.1 Å². The zero-order valence-corrected chi connectivity index (χ0v) is 14.3. The van der Waals surface area contributed by atoms with Gasteiger partial charge in [0.2, 0.25) is 4.87 Å².